The Kier molecular flexibility index (Phi) is 3.24. The quantitative estimate of drug-likeness (QED) is 0.772. The molecule has 1 rings (SSSR count). The highest BCUT2D eigenvalue weighted by Gasteiger charge is 2.10. The molecule has 0 aromatic heterocycles. The normalized spacial score (nSPS) is 11.5. The van der Waals surface area contributed by atoms with Crippen LogP contribution >= 0.6 is 0 Å². The van der Waals surface area contributed by atoms with Crippen LogP contribution in [0.4, 0.5) is 5.69 Å². The number of nitrogens with zero attached hydrogens (tertiary/aromatic N) is 1. The Morgan fingerprint density at radius 3 is 2.50 bits per heavy atom. The summed E-state index contributed by atoms with van der Waals surface area (Å²) in [7, 11) is 0. The average molecular weight is 188 g/mol. The van der Waals surface area contributed by atoms with Gasteiger partial charge in [0.25, 0.3) is 0 Å². The lowest BCUT2D eigenvalue weighted by atomic mass is 10.2. The summed E-state index contributed by atoms with van der Waals surface area (Å²) in [6.07, 6.45) is 0. The van der Waals surface area contributed by atoms with Crippen molar-refractivity contribution in [1.82, 2.24) is 0 Å². The third kappa shape index (κ3) is 2.60. The van der Waals surface area contributed by atoms with Crippen molar-refractivity contribution in [1.29, 1.82) is 5.26 Å². The second-order valence-electron chi connectivity index (χ2n) is 3.21. The molecule has 0 radical (unpaired) electrons. The van der Waals surface area contributed by atoms with Gasteiger partial charge in [0.1, 0.15) is 5.92 Å². The van der Waals surface area contributed by atoms with Crippen molar-refractivity contribution < 1.29 is 4.79 Å². The van der Waals surface area contributed by atoms with Crippen LogP contribution < -0.4 is 5.32 Å². The molecule has 0 fully saturated rings. The van der Waals surface area contributed by atoms with Crippen LogP contribution in [0.2, 0.25) is 0 Å². The minimum Gasteiger partial charge on any atom is -0.325 e. The van der Waals surface area contributed by atoms with Crippen LogP contribution in [-0.4, -0.2) is 5.91 Å². The standard InChI is InChI=1S/C11H12N2O/c1-8-3-5-10(6-4-8)13-11(14)9(2)7-12/h3-6,9H,1-2H3,(H,13,14). The van der Waals surface area contributed by atoms with Crippen LogP contribution in [0.1, 0.15) is 12.5 Å². The van der Waals surface area contributed by atoms with E-state index in [9.17, 15) is 4.79 Å². The highest BCUT2D eigenvalue weighted by molar-refractivity contribution is 5.93. The smallest absolute Gasteiger partial charge is 0.241 e. The van der Waals surface area contributed by atoms with E-state index >= 15 is 0 Å². The van der Waals surface area contributed by atoms with Crippen molar-refractivity contribution in [3.63, 3.8) is 0 Å². The minimum absolute atomic E-state index is 0.267. The van der Waals surface area contributed by atoms with E-state index in [0.29, 0.717) is 0 Å². The van der Waals surface area contributed by atoms with E-state index < -0.39 is 5.92 Å². The first-order valence-electron chi connectivity index (χ1n) is 4.40. The number of hydrogen-bond acceptors (Lipinski definition) is 2. The molecular formula is C11H12N2O. The number of aryl methyl sites for hydroxylation is 1. The van der Waals surface area contributed by atoms with Gasteiger partial charge in [-0.25, -0.2) is 0 Å². The number of nitrogens with one attached hydrogen (secondary N) is 1. The van der Waals surface area contributed by atoms with Crippen LogP contribution in [-0.2, 0) is 4.79 Å². The minimum atomic E-state index is -0.615. The Balaban J connectivity index is 2.66. The van der Waals surface area contributed by atoms with Gasteiger partial charge in [-0.2, -0.15) is 5.26 Å². The molecule has 1 N–H and O–H groups in total. The van der Waals surface area contributed by atoms with Crippen molar-refractivity contribution in [3.05, 3.63) is 29.8 Å². The maximum atomic E-state index is 11.3. The molecule has 0 aliphatic rings. The molecule has 0 aliphatic heterocycles. The Bertz CT molecular complexity index is 362. The predicted molar refractivity (Wildman–Crippen MR) is 54.6 cm³/mol. The summed E-state index contributed by atoms with van der Waals surface area (Å²) in [6, 6.07) is 9.34. The van der Waals surface area contributed by atoms with Gasteiger partial charge in [-0.1, -0.05) is 17.7 Å². The first kappa shape index (κ1) is 10.3. The second kappa shape index (κ2) is 4.43. The van der Waals surface area contributed by atoms with Gasteiger partial charge in [0.05, 0.1) is 6.07 Å². The SMILES string of the molecule is Cc1ccc(NC(=O)C(C)C#N)cc1. The van der Waals surface area contributed by atoms with Gasteiger partial charge >= 0.3 is 0 Å². The molecule has 1 aromatic carbocycles. The first-order valence-corrected chi connectivity index (χ1v) is 4.40. The van der Waals surface area contributed by atoms with Gasteiger partial charge < -0.3 is 5.32 Å². The van der Waals surface area contributed by atoms with E-state index in [1.54, 1.807) is 6.92 Å². The zero-order chi connectivity index (χ0) is 10.6. The highest BCUT2D eigenvalue weighted by atomic mass is 16.1. The van der Waals surface area contributed by atoms with Crippen molar-refractivity contribution in [2.45, 2.75) is 13.8 Å². The number of benzene rings is 1. The van der Waals surface area contributed by atoms with Crippen molar-refractivity contribution in [2.75, 3.05) is 5.32 Å². The van der Waals surface area contributed by atoms with Crippen LogP contribution in [0.5, 0.6) is 0 Å². The van der Waals surface area contributed by atoms with Crippen molar-refractivity contribution in [3.8, 4) is 6.07 Å². The zero-order valence-electron chi connectivity index (χ0n) is 8.24. The Hall–Kier alpha value is -1.82. The number of anilines is 1. The topological polar surface area (TPSA) is 52.9 Å². The zero-order valence-corrected chi connectivity index (χ0v) is 8.24. The molecule has 14 heavy (non-hydrogen) atoms. The van der Waals surface area contributed by atoms with Crippen LogP contribution in [0.25, 0.3) is 0 Å². The monoisotopic (exact) mass is 188 g/mol. The Morgan fingerprint density at radius 2 is 2.00 bits per heavy atom. The lowest BCUT2D eigenvalue weighted by Gasteiger charge is -2.05. The van der Waals surface area contributed by atoms with E-state index in [1.807, 2.05) is 37.3 Å². The fraction of sp³-hybridized carbons (Fsp3) is 0.273. The van der Waals surface area contributed by atoms with Crippen LogP contribution in [0.15, 0.2) is 24.3 Å². The van der Waals surface area contributed by atoms with Crippen molar-refractivity contribution in [2.24, 2.45) is 5.92 Å². The summed E-state index contributed by atoms with van der Waals surface area (Å²) in [5.41, 5.74) is 1.86. The number of nitriles is 1. The third-order valence-electron chi connectivity index (χ3n) is 1.91. The molecular weight excluding hydrogens is 176 g/mol. The fourth-order valence-electron chi connectivity index (χ4n) is 0.946. The number of carbonyl (C=O) groups is 1. The molecule has 72 valence electrons. The average Bonchev–Trinajstić information content (AvgIpc) is 2.20. The molecule has 0 saturated carbocycles. The van der Waals surface area contributed by atoms with E-state index in [2.05, 4.69) is 5.32 Å². The number of carbonyl (C=O) groups excluding carboxylic acids is 1. The molecule has 0 spiro atoms. The molecule has 1 unspecified atom stereocenters. The molecule has 3 heteroatoms. The Labute approximate surface area is 83.4 Å². The summed E-state index contributed by atoms with van der Waals surface area (Å²) < 4.78 is 0. The first-order chi connectivity index (χ1) is 6.63. The maximum absolute atomic E-state index is 11.3. The van der Waals surface area contributed by atoms with Crippen molar-refractivity contribution >= 4 is 11.6 Å². The van der Waals surface area contributed by atoms with Gasteiger partial charge in [0.15, 0.2) is 0 Å². The van der Waals surface area contributed by atoms with Gasteiger partial charge in [0.2, 0.25) is 5.91 Å². The lowest BCUT2D eigenvalue weighted by Crippen LogP contribution is -2.18. The van der Waals surface area contributed by atoms with Gasteiger partial charge in [-0.05, 0) is 26.0 Å². The van der Waals surface area contributed by atoms with Gasteiger partial charge in [-0.15, -0.1) is 0 Å². The van der Waals surface area contributed by atoms with E-state index in [0.717, 1.165) is 11.3 Å². The van der Waals surface area contributed by atoms with Gasteiger partial charge in [0, 0.05) is 5.69 Å². The lowest BCUT2D eigenvalue weighted by molar-refractivity contribution is -0.117. The van der Waals surface area contributed by atoms with E-state index in [1.165, 1.54) is 0 Å². The molecule has 1 amide bonds. The molecule has 3 nitrogen and oxygen atoms in total. The number of amides is 1. The summed E-state index contributed by atoms with van der Waals surface area (Å²) in [4.78, 5) is 11.3. The Morgan fingerprint density at radius 1 is 1.43 bits per heavy atom. The van der Waals surface area contributed by atoms with Crippen LogP contribution in [0, 0.1) is 24.2 Å². The molecule has 0 bridgehead atoms. The van der Waals surface area contributed by atoms with Gasteiger partial charge in [-0.3, -0.25) is 4.79 Å². The molecule has 1 atom stereocenters. The fourth-order valence-corrected chi connectivity index (χ4v) is 0.946. The summed E-state index contributed by atoms with van der Waals surface area (Å²) in [5.74, 6) is -0.882. The molecule has 1 aromatic rings. The highest BCUT2D eigenvalue weighted by Crippen LogP contribution is 2.09. The molecule has 0 saturated heterocycles. The third-order valence-corrected chi connectivity index (χ3v) is 1.91. The number of hydrogen-bond donors (Lipinski definition) is 1. The number of rotatable bonds is 2. The summed E-state index contributed by atoms with van der Waals surface area (Å²) in [6.45, 7) is 3.55. The predicted octanol–water partition coefficient (Wildman–Crippen LogP) is 2.09. The second-order valence-corrected chi connectivity index (χ2v) is 3.21. The van der Waals surface area contributed by atoms with E-state index in [-0.39, 0.29) is 5.91 Å². The summed E-state index contributed by atoms with van der Waals surface area (Å²) in [5, 5.41) is 11.2. The maximum Gasteiger partial charge on any atom is 0.241 e. The largest absolute Gasteiger partial charge is 0.325 e. The van der Waals surface area contributed by atoms with E-state index in [4.69, 9.17) is 5.26 Å². The summed E-state index contributed by atoms with van der Waals surface area (Å²) >= 11 is 0. The molecule has 0 heterocycles. The molecule has 0 aliphatic carbocycles. The van der Waals surface area contributed by atoms with Crippen LogP contribution in [0.3, 0.4) is 0 Å².